The molecule has 2 N–H and O–H groups in total. The maximum Gasteiger partial charge on any atom is 0.127 e. The zero-order chi connectivity index (χ0) is 13.3. The van der Waals surface area contributed by atoms with Crippen LogP contribution in [0.2, 0.25) is 10.0 Å². The van der Waals surface area contributed by atoms with Crippen molar-refractivity contribution in [3.05, 3.63) is 40.4 Å². The molecule has 0 atom stereocenters. The van der Waals surface area contributed by atoms with E-state index in [4.69, 9.17) is 28.9 Å². The summed E-state index contributed by atoms with van der Waals surface area (Å²) < 4.78 is 1.96. The molecule has 96 valence electrons. The molecule has 2 rings (SSSR count). The van der Waals surface area contributed by atoms with E-state index in [9.17, 15) is 0 Å². The summed E-state index contributed by atoms with van der Waals surface area (Å²) in [5.41, 5.74) is 7.38. The first-order valence-corrected chi connectivity index (χ1v) is 6.16. The maximum atomic E-state index is 6.01. The van der Waals surface area contributed by atoms with E-state index in [-0.39, 0.29) is 0 Å². The minimum Gasteiger partial charge on any atom is -0.397 e. The van der Waals surface area contributed by atoms with Gasteiger partial charge in [0.2, 0.25) is 0 Å². The zero-order valence-electron chi connectivity index (χ0n) is 10.2. The van der Waals surface area contributed by atoms with Gasteiger partial charge in [0.1, 0.15) is 5.82 Å². The highest BCUT2D eigenvalue weighted by atomic mass is 35.5. The van der Waals surface area contributed by atoms with E-state index in [1.807, 2.05) is 29.8 Å². The SMILES string of the molecule is CN(Cc1nccn1C)c1cc(Cl)c(Cl)cc1N. The van der Waals surface area contributed by atoms with Crippen molar-refractivity contribution < 1.29 is 0 Å². The van der Waals surface area contributed by atoms with Crippen molar-refractivity contribution in [1.82, 2.24) is 9.55 Å². The Kier molecular flexibility index (Phi) is 3.68. The number of aromatic nitrogens is 2. The molecule has 0 bridgehead atoms. The number of rotatable bonds is 3. The predicted octanol–water partition coefficient (Wildman–Crippen LogP) is 2.95. The van der Waals surface area contributed by atoms with Crippen molar-refractivity contribution in [2.24, 2.45) is 7.05 Å². The van der Waals surface area contributed by atoms with E-state index in [1.54, 1.807) is 18.3 Å². The number of nitrogens with zero attached hydrogens (tertiary/aromatic N) is 3. The summed E-state index contributed by atoms with van der Waals surface area (Å²) in [4.78, 5) is 6.26. The molecule has 0 fully saturated rings. The molecule has 0 unspecified atom stereocenters. The Bertz CT molecular complexity index is 565. The first kappa shape index (κ1) is 13.1. The Morgan fingerprint density at radius 2 is 2.00 bits per heavy atom. The Labute approximate surface area is 116 Å². The number of anilines is 2. The third-order valence-electron chi connectivity index (χ3n) is 2.78. The highest BCUT2D eigenvalue weighted by Crippen LogP contribution is 2.32. The second-order valence-corrected chi connectivity index (χ2v) is 4.95. The minimum absolute atomic E-state index is 0.461. The molecule has 0 amide bonds. The van der Waals surface area contributed by atoms with Gasteiger partial charge in [-0.25, -0.2) is 4.98 Å². The average Bonchev–Trinajstić information content (AvgIpc) is 2.69. The molecule has 6 heteroatoms. The van der Waals surface area contributed by atoms with Gasteiger partial charge in [0.05, 0.1) is 28.0 Å². The summed E-state index contributed by atoms with van der Waals surface area (Å²) in [6.45, 7) is 0.645. The number of benzene rings is 1. The van der Waals surface area contributed by atoms with Gasteiger partial charge >= 0.3 is 0 Å². The van der Waals surface area contributed by atoms with Gasteiger partial charge in [-0.3, -0.25) is 0 Å². The van der Waals surface area contributed by atoms with Gasteiger partial charge in [-0.1, -0.05) is 23.2 Å². The fourth-order valence-electron chi connectivity index (χ4n) is 1.73. The Hall–Kier alpha value is -1.39. The summed E-state index contributed by atoms with van der Waals surface area (Å²) in [7, 11) is 3.89. The molecule has 0 saturated carbocycles. The average molecular weight is 285 g/mol. The molecule has 0 aliphatic heterocycles. The fraction of sp³-hybridized carbons (Fsp3) is 0.250. The molecule has 1 heterocycles. The number of nitrogens with two attached hydrogens (primary N) is 1. The number of imidazole rings is 1. The van der Waals surface area contributed by atoms with E-state index in [2.05, 4.69) is 4.98 Å². The summed E-state index contributed by atoms with van der Waals surface area (Å²) in [6.07, 6.45) is 3.67. The van der Waals surface area contributed by atoms with Crippen LogP contribution < -0.4 is 10.6 Å². The van der Waals surface area contributed by atoms with E-state index >= 15 is 0 Å². The van der Waals surface area contributed by atoms with Gasteiger partial charge < -0.3 is 15.2 Å². The van der Waals surface area contributed by atoms with Gasteiger partial charge in [-0.15, -0.1) is 0 Å². The smallest absolute Gasteiger partial charge is 0.127 e. The summed E-state index contributed by atoms with van der Waals surface area (Å²) >= 11 is 11.9. The monoisotopic (exact) mass is 284 g/mol. The Balaban J connectivity index is 2.26. The molecule has 18 heavy (non-hydrogen) atoms. The number of aryl methyl sites for hydroxylation is 1. The summed E-state index contributed by atoms with van der Waals surface area (Å²) in [5, 5.41) is 0.955. The lowest BCUT2D eigenvalue weighted by Gasteiger charge is -2.21. The van der Waals surface area contributed by atoms with Crippen LogP contribution in [0.25, 0.3) is 0 Å². The second kappa shape index (κ2) is 5.08. The topological polar surface area (TPSA) is 47.1 Å². The molecule has 0 spiro atoms. The minimum atomic E-state index is 0.461. The van der Waals surface area contributed by atoms with Crippen molar-refractivity contribution in [3.8, 4) is 0 Å². The van der Waals surface area contributed by atoms with Crippen molar-refractivity contribution in [1.29, 1.82) is 0 Å². The van der Waals surface area contributed by atoms with Crippen LogP contribution >= 0.6 is 23.2 Å². The standard InChI is InChI=1S/C12H14Cl2N4/c1-17-4-3-16-12(17)7-18(2)11-6-9(14)8(13)5-10(11)15/h3-6H,7,15H2,1-2H3. The van der Waals surface area contributed by atoms with Gasteiger partial charge in [0.15, 0.2) is 0 Å². The lowest BCUT2D eigenvalue weighted by Crippen LogP contribution is -2.20. The lowest BCUT2D eigenvalue weighted by molar-refractivity contribution is 0.762. The van der Waals surface area contributed by atoms with E-state index in [0.717, 1.165) is 11.5 Å². The van der Waals surface area contributed by atoms with Crippen molar-refractivity contribution in [2.45, 2.75) is 6.54 Å². The van der Waals surface area contributed by atoms with Crippen LogP contribution in [-0.2, 0) is 13.6 Å². The molecule has 0 saturated heterocycles. The predicted molar refractivity (Wildman–Crippen MR) is 76.2 cm³/mol. The molecule has 2 aromatic rings. The first-order chi connectivity index (χ1) is 8.49. The van der Waals surface area contributed by atoms with Gasteiger partial charge in [-0.2, -0.15) is 0 Å². The number of hydrogen-bond acceptors (Lipinski definition) is 3. The van der Waals surface area contributed by atoms with Crippen LogP contribution in [0.3, 0.4) is 0 Å². The third-order valence-corrected chi connectivity index (χ3v) is 3.50. The van der Waals surface area contributed by atoms with E-state index < -0.39 is 0 Å². The highest BCUT2D eigenvalue weighted by Gasteiger charge is 2.11. The summed E-state index contributed by atoms with van der Waals surface area (Å²) in [6, 6.07) is 3.43. The Morgan fingerprint density at radius 1 is 1.33 bits per heavy atom. The van der Waals surface area contributed by atoms with Crippen molar-refractivity contribution in [3.63, 3.8) is 0 Å². The van der Waals surface area contributed by atoms with E-state index in [1.165, 1.54) is 0 Å². The summed E-state index contributed by atoms with van der Waals surface area (Å²) in [5.74, 6) is 0.947. The third kappa shape index (κ3) is 2.54. The van der Waals surface area contributed by atoms with Gasteiger partial charge in [-0.05, 0) is 12.1 Å². The number of halogens is 2. The van der Waals surface area contributed by atoms with Crippen LogP contribution in [0, 0.1) is 0 Å². The van der Waals surface area contributed by atoms with Crippen LogP contribution in [0.5, 0.6) is 0 Å². The van der Waals surface area contributed by atoms with Gasteiger partial charge in [0, 0.05) is 26.5 Å². The Morgan fingerprint density at radius 3 is 2.61 bits per heavy atom. The van der Waals surface area contributed by atoms with Gasteiger partial charge in [0.25, 0.3) is 0 Å². The molecule has 4 nitrogen and oxygen atoms in total. The van der Waals surface area contributed by atoms with Crippen molar-refractivity contribution in [2.75, 3.05) is 17.7 Å². The molecule has 0 aliphatic rings. The molecular weight excluding hydrogens is 271 g/mol. The number of nitrogen functional groups attached to an aromatic ring is 1. The second-order valence-electron chi connectivity index (χ2n) is 4.14. The first-order valence-electron chi connectivity index (χ1n) is 5.41. The molecule has 1 aromatic heterocycles. The molecule has 0 radical (unpaired) electrons. The van der Waals surface area contributed by atoms with Crippen LogP contribution in [-0.4, -0.2) is 16.6 Å². The maximum absolute atomic E-state index is 6.01. The lowest BCUT2D eigenvalue weighted by atomic mass is 10.2. The molecule has 0 aliphatic carbocycles. The zero-order valence-corrected chi connectivity index (χ0v) is 11.7. The van der Waals surface area contributed by atoms with Crippen molar-refractivity contribution >= 4 is 34.6 Å². The normalized spacial score (nSPS) is 10.7. The molecule has 1 aromatic carbocycles. The molecular formula is C12H14Cl2N4. The fourth-order valence-corrected chi connectivity index (χ4v) is 2.06. The van der Waals surface area contributed by atoms with Crippen LogP contribution in [0.15, 0.2) is 24.5 Å². The van der Waals surface area contributed by atoms with Crippen LogP contribution in [0.1, 0.15) is 5.82 Å². The van der Waals surface area contributed by atoms with Crippen LogP contribution in [0.4, 0.5) is 11.4 Å². The number of hydrogen-bond donors (Lipinski definition) is 1. The largest absolute Gasteiger partial charge is 0.397 e. The highest BCUT2D eigenvalue weighted by molar-refractivity contribution is 6.42. The quantitative estimate of drug-likeness (QED) is 0.882. The van der Waals surface area contributed by atoms with E-state index in [0.29, 0.717) is 22.3 Å².